The molecule has 2 heterocycles. The Morgan fingerprint density at radius 3 is 2.00 bits per heavy atom. The average Bonchev–Trinajstić information content (AvgIpc) is 3.38. The lowest BCUT2D eigenvalue weighted by Crippen LogP contribution is -2.07. The second-order valence-corrected chi connectivity index (χ2v) is 8.68. The summed E-state index contributed by atoms with van der Waals surface area (Å²) in [7, 11) is 2.66. The fraction of sp³-hybridized carbons (Fsp3) is 0.0833. The lowest BCUT2D eigenvalue weighted by Gasteiger charge is -2.05. The number of carbonyl (C=O) groups excluding carboxylic acids is 2. The van der Waals surface area contributed by atoms with Crippen molar-refractivity contribution >= 4 is 66.4 Å². The monoisotopic (exact) mass is 434 g/mol. The normalized spacial score (nSPS) is 12.3. The minimum atomic E-state index is -0.519. The Hall–Kier alpha value is -3.22. The molecule has 0 aliphatic heterocycles. The van der Waals surface area contributed by atoms with Crippen LogP contribution in [0.15, 0.2) is 72.3 Å². The first-order valence-electron chi connectivity index (χ1n) is 9.16. The zero-order valence-corrected chi connectivity index (χ0v) is 18.0. The maximum Gasteiger partial charge on any atom is 0.339 e. The number of fused-ring (bicyclic) bond motifs is 2. The van der Waals surface area contributed by atoms with E-state index in [1.807, 2.05) is 60.7 Å². The number of rotatable bonds is 5. The second-order valence-electron chi connectivity index (χ2n) is 6.48. The highest BCUT2D eigenvalue weighted by molar-refractivity contribution is 7.20. The van der Waals surface area contributed by atoms with Crippen molar-refractivity contribution in [2.24, 2.45) is 0 Å². The van der Waals surface area contributed by atoms with Gasteiger partial charge in [-0.3, -0.25) is 0 Å². The fourth-order valence-corrected chi connectivity index (χ4v) is 5.20. The Morgan fingerprint density at radius 2 is 1.40 bits per heavy atom. The third kappa shape index (κ3) is 4.06. The highest BCUT2D eigenvalue weighted by Crippen LogP contribution is 2.33. The molecule has 2 aromatic heterocycles. The maximum absolute atomic E-state index is 12.6. The molecular formula is C24H18O4S2. The smallest absolute Gasteiger partial charge is 0.339 e. The molecule has 0 aliphatic carbocycles. The zero-order chi connectivity index (χ0) is 21.1. The van der Waals surface area contributed by atoms with Crippen LogP contribution in [-0.4, -0.2) is 26.2 Å². The Labute approximate surface area is 181 Å². The van der Waals surface area contributed by atoms with Crippen LogP contribution in [0.4, 0.5) is 0 Å². The summed E-state index contributed by atoms with van der Waals surface area (Å²) in [5.74, 6) is -1.03. The number of hydrogen-bond donors (Lipinski definition) is 0. The number of ether oxygens (including phenoxy) is 2. The van der Waals surface area contributed by atoms with Crippen molar-refractivity contribution in [3.63, 3.8) is 0 Å². The van der Waals surface area contributed by atoms with Gasteiger partial charge in [0.25, 0.3) is 0 Å². The molecular weight excluding hydrogens is 416 g/mol. The summed E-state index contributed by atoms with van der Waals surface area (Å²) in [5, 5.41) is 2.13. The summed E-state index contributed by atoms with van der Waals surface area (Å²) in [5.41, 5.74) is 0.596. The highest BCUT2D eigenvalue weighted by atomic mass is 32.1. The van der Waals surface area contributed by atoms with Gasteiger partial charge in [0.05, 0.1) is 25.4 Å². The molecule has 150 valence electrons. The van der Waals surface area contributed by atoms with Crippen LogP contribution in [0.25, 0.3) is 31.8 Å². The molecule has 0 spiro atoms. The molecule has 0 atom stereocenters. The summed E-state index contributed by atoms with van der Waals surface area (Å²) in [6.07, 6.45) is 3.29. The lowest BCUT2D eigenvalue weighted by molar-refractivity contribution is -0.135. The second kappa shape index (κ2) is 8.65. The number of methoxy groups -OCH3 is 2. The number of carbonyl (C=O) groups is 2. The SMILES string of the molecule is COC(=O)C(=Cc1cc2ccccc2s1)C=C(C(=O)OC)c1cc2ccccc2s1. The van der Waals surface area contributed by atoms with E-state index in [0.717, 1.165) is 29.9 Å². The summed E-state index contributed by atoms with van der Waals surface area (Å²) in [6, 6.07) is 19.8. The van der Waals surface area contributed by atoms with Gasteiger partial charge in [-0.1, -0.05) is 36.4 Å². The van der Waals surface area contributed by atoms with E-state index in [2.05, 4.69) is 0 Å². The van der Waals surface area contributed by atoms with E-state index in [0.29, 0.717) is 5.57 Å². The van der Waals surface area contributed by atoms with Crippen LogP contribution in [0, 0.1) is 0 Å². The molecule has 0 bridgehead atoms. The molecule has 30 heavy (non-hydrogen) atoms. The van der Waals surface area contributed by atoms with Crippen LogP contribution < -0.4 is 0 Å². The van der Waals surface area contributed by atoms with Crippen molar-refractivity contribution in [3.8, 4) is 0 Å². The van der Waals surface area contributed by atoms with Crippen LogP contribution in [0.1, 0.15) is 9.75 Å². The molecule has 0 aliphatic rings. The number of benzene rings is 2. The minimum Gasteiger partial charge on any atom is -0.465 e. The molecule has 0 unspecified atom stereocenters. The van der Waals surface area contributed by atoms with E-state index in [4.69, 9.17) is 9.47 Å². The average molecular weight is 435 g/mol. The predicted octanol–water partition coefficient (Wildman–Crippen LogP) is 5.93. The largest absolute Gasteiger partial charge is 0.465 e. The molecule has 0 saturated heterocycles. The van der Waals surface area contributed by atoms with Crippen LogP contribution in [0.5, 0.6) is 0 Å². The van der Waals surface area contributed by atoms with Crippen molar-refractivity contribution in [3.05, 3.63) is 82.1 Å². The van der Waals surface area contributed by atoms with Crippen LogP contribution in [-0.2, 0) is 19.1 Å². The Bertz CT molecular complexity index is 1240. The van der Waals surface area contributed by atoms with Gasteiger partial charge in [0.2, 0.25) is 0 Å². The minimum absolute atomic E-state index is 0.280. The highest BCUT2D eigenvalue weighted by Gasteiger charge is 2.19. The van der Waals surface area contributed by atoms with Gasteiger partial charge in [0.15, 0.2) is 0 Å². The molecule has 6 heteroatoms. The first-order chi connectivity index (χ1) is 14.6. The van der Waals surface area contributed by atoms with Crippen molar-refractivity contribution in [1.29, 1.82) is 0 Å². The van der Waals surface area contributed by atoms with Gasteiger partial charge in [-0.05, 0) is 47.2 Å². The van der Waals surface area contributed by atoms with E-state index < -0.39 is 11.9 Å². The van der Waals surface area contributed by atoms with Gasteiger partial charge in [-0.25, -0.2) is 9.59 Å². The van der Waals surface area contributed by atoms with Crippen molar-refractivity contribution in [1.82, 2.24) is 0 Å². The van der Waals surface area contributed by atoms with Crippen LogP contribution in [0.2, 0.25) is 0 Å². The summed E-state index contributed by atoms with van der Waals surface area (Å²) in [6.45, 7) is 0. The quantitative estimate of drug-likeness (QED) is 0.222. The maximum atomic E-state index is 12.6. The van der Waals surface area contributed by atoms with Gasteiger partial charge >= 0.3 is 11.9 Å². The molecule has 4 rings (SSSR count). The van der Waals surface area contributed by atoms with E-state index >= 15 is 0 Å². The van der Waals surface area contributed by atoms with Gasteiger partial charge in [0, 0.05) is 19.2 Å². The molecule has 0 saturated carbocycles. The van der Waals surface area contributed by atoms with Crippen LogP contribution in [0.3, 0.4) is 0 Å². The van der Waals surface area contributed by atoms with Gasteiger partial charge in [-0.2, -0.15) is 0 Å². The Kier molecular flexibility index (Phi) is 5.79. The summed E-state index contributed by atoms with van der Waals surface area (Å²) < 4.78 is 12.1. The number of esters is 2. The van der Waals surface area contributed by atoms with Crippen molar-refractivity contribution in [2.75, 3.05) is 14.2 Å². The van der Waals surface area contributed by atoms with Gasteiger partial charge < -0.3 is 9.47 Å². The van der Waals surface area contributed by atoms with Gasteiger partial charge in [-0.15, -0.1) is 22.7 Å². The van der Waals surface area contributed by atoms with E-state index in [1.165, 1.54) is 25.6 Å². The molecule has 0 fully saturated rings. The van der Waals surface area contributed by atoms with E-state index in [-0.39, 0.29) is 5.57 Å². The van der Waals surface area contributed by atoms with Crippen molar-refractivity contribution < 1.29 is 19.1 Å². The lowest BCUT2D eigenvalue weighted by atomic mass is 10.1. The number of thiophene rings is 2. The summed E-state index contributed by atoms with van der Waals surface area (Å²) in [4.78, 5) is 26.7. The predicted molar refractivity (Wildman–Crippen MR) is 124 cm³/mol. The van der Waals surface area contributed by atoms with Gasteiger partial charge in [0.1, 0.15) is 0 Å². The third-order valence-corrected chi connectivity index (χ3v) is 6.77. The molecule has 0 radical (unpaired) electrons. The molecule has 0 amide bonds. The Morgan fingerprint density at radius 1 is 0.800 bits per heavy atom. The molecule has 2 aromatic carbocycles. The first kappa shape index (κ1) is 20.1. The first-order valence-corrected chi connectivity index (χ1v) is 10.8. The van der Waals surface area contributed by atoms with Crippen LogP contribution >= 0.6 is 22.7 Å². The molecule has 4 aromatic rings. The Balaban J connectivity index is 1.84. The van der Waals surface area contributed by atoms with E-state index in [9.17, 15) is 9.59 Å². The third-order valence-electron chi connectivity index (χ3n) is 4.56. The number of hydrogen-bond acceptors (Lipinski definition) is 6. The fourth-order valence-electron chi connectivity index (χ4n) is 3.11. The zero-order valence-electron chi connectivity index (χ0n) is 16.4. The van der Waals surface area contributed by atoms with E-state index in [1.54, 1.807) is 23.5 Å². The topological polar surface area (TPSA) is 52.6 Å². The summed E-state index contributed by atoms with van der Waals surface area (Å²) >= 11 is 3.04. The molecule has 4 nitrogen and oxygen atoms in total. The standard InChI is InChI=1S/C24H18O4S2/c1-27-23(25)17(12-18-11-15-7-3-5-9-20(15)29-18)13-19(24(26)28-2)22-14-16-8-4-6-10-21(16)30-22/h3-14H,1-2H3. The van der Waals surface area contributed by atoms with Crippen molar-refractivity contribution in [2.45, 2.75) is 0 Å². The molecule has 0 N–H and O–H groups in total.